The molecule has 0 saturated heterocycles. The van der Waals surface area contributed by atoms with Crippen LogP contribution in [0.4, 0.5) is 5.69 Å². The summed E-state index contributed by atoms with van der Waals surface area (Å²) < 4.78 is 12.3. The molecule has 1 aromatic heterocycles. The number of hydrogen-bond donors (Lipinski definition) is 1. The molecule has 0 amide bonds. The molecule has 2 heterocycles. The number of hydrogen-bond acceptors (Lipinski definition) is 7. The van der Waals surface area contributed by atoms with E-state index in [9.17, 15) is 0 Å². The van der Waals surface area contributed by atoms with Gasteiger partial charge in [0.25, 0.3) is 0 Å². The van der Waals surface area contributed by atoms with Crippen LogP contribution in [0, 0.1) is 0 Å². The van der Waals surface area contributed by atoms with Crippen LogP contribution in [-0.4, -0.2) is 20.9 Å². The Morgan fingerprint density at radius 3 is 2.61 bits per heavy atom. The van der Waals surface area contributed by atoms with E-state index in [1.807, 2.05) is 78.9 Å². The standard InChI is InChI=1S/C24H20N4O2S/c1-2-31-24-26-23-21(27-28-24)19-13-6-7-14-20(19)25-22(30-23)16-9-8-12-18(15-16)29-17-10-4-3-5-11-17/h3-15,22,25H,2H2,1H3/t22-/m1/s1. The lowest BCUT2D eigenvalue weighted by molar-refractivity contribution is 0.225. The van der Waals surface area contributed by atoms with Crippen molar-refractivity contribution in [3.8, 4) is 28.6 Å². The second-order valence-corrected chi connectivity index (χ2v) is 8.09. The summed E-state index contributed by atoms with van der Waals surface area (Å²) in [6.07, 6.45) is -0.460. The van der Waals surface area contributed by atoms with Crippen molar-refractivity contribution in [2.24, 2.45) is 0 Å². The Morgan fingerprint density at radius 2 is 1.74 bits per heavy atom. The third-order valence-electron chi connectivity index (χ3n) is 4.75. The molecule has 154 valence electrons. The van der Waals surface area contributed by atoms with Crippen molar-refractivity contribution in [1.29, 1.82) is 0 Å². The number of para-hydroxylation sites is 2. The molecular formula is C24H20N4O2S. The highest BCUT2D eigenvalue weighted by atomic mass is 32.2. The summed E-state index contributed by atoms with van der Waals surface area (Å²) in [4.78, 5) is 4.62. The number of ether oxygens (including phenoxy) is 2. The molecule has 1 atom stereocenters. The van der Waals surface area contributed by atoms with E-state index in [-0.39, 0.29) is 0 Å². The van der Waals surface area contributed by atoms with E-state index in [0.29, 0.717) is 16.7 Å². The number of anilines is 1. The van der Waals surface area contributed by atoms with Crippen LogP contribution in [0.15, 0.2) is 84.0 Å². The fourth-order valence-corrected chi connectivity index (χ4v) is 3.86. The molecule has 5 rings (SSSR count). The Labute approximate surface area is 184 Å². The minimum Gasteiger partial charge on any atom is -0.457 e. The number of thioether (sulfide) groups is 1. The third kappa shape index (κ3) is 4.18. The summed E-state index contributed by atoms with van der Waals surface area (Å²) in [6.45, 7) is 2.05. The van der Waals surface area contributed by atoms with Crippen LogP contribution < -0.4 is 14.8 Å². The first-order chi connectivity index (χ1) is 15.3. The molecule has 1 N–H and O–H groups in total. The predicted molar refractivity (Wildman–Crippen MR) is 122 cm³/mol. The highest BCUT2D eigenvalue weighted by molar-refractivity contribution is 7.99. The van der Waals surface area contributed by atoms with Crippen molar-refractivity contribution in [3.63, 3.8) is 0 Å². The molecule has 31 heavy (non-hydrogen) atoms. The number of benzene rings is 3. The van der Waals surface area contributed by atoms with Gasteiger partial charge in [0.15, 0.2) is 11.9 Å². The van der Waals surface area contributed by atoms with Crippen molar-refractivity contribution < 1.29 is 9.47 Å². The quantitative estimate of drug-likeness (QED) is 0.394. The van der Waals surface area contributed by atoms with Crippen LogP contribution in [-0.2, 0) is 0 Å². The minimum absolute atomic E-state index is 0.460. The first-order valence-electron chi connectivity index (χ1n) is 10.0. The van der Waals surface area contributed by atoms with E-state index in [0.717, 1.165) is 34.1 Å². The van der Waals surface area contributed by atoms with Crippen LogP contribution >= 0.6 is 11.8 Å². The number of fused-ring (bicyclic) bond motifs is 3. The molecule has 0 aliphatic carbocycles. The van der Waals surface area contributed by atoms with E-state index < -0.39 is 6.23 Å². The summed E-state index contributed by atoms with van der Waals surface area (Å²) in [6, 6.07) is 25.5. The molecule has 0 unspecified atom stereocenters. The van der Waals surface area contributed by atoms with Gasteiger partial charge in [0.2, 0.25) is 11.0 Å². The normalized spacial score (nSPS) is 14.4. The molecule has 0 radical (unpaired) electrons. The topological polar surface area (TPSA) is 69.2 Å². The van der Waals surface area contributed by atoms with E-state index >= 15 is 0 Å². The van der Waals surface area contributed by atoms with Crippen molar-refractivity contribution >= 4 is 17.4 Å². The highest BCUT2D eigenvalue weighted by Gasteiger charge is 2.26. The molecule has 1 aliphatic heterocycles. The Morgan fingerprint density at radius 1 is 0.935 bits per heavy atom. The van der Waals surface area contributed by atoms with Crippen LogP contribution in [0.2, 0.25) is 0 Å². The number of aromatic nitrogens is 3. The maximum atomic E-state index is 6.32. The van der Waals surface area contributed by atoms with Gasteiger partial charge in [0.1, 0.15) is 11.5 Å². The van der Waals surface area contributed by atoms with Gasteiger partial charge in [-0.2, -0.15) is 4.98 Å². The van der Waals surface area contributed by atoms with Gasteiger partial charge in [-0.25, -0.2) is 0 Å². The Bertz CT molecular complexity index is 1200. The third-order valence-corrected chi connectivity index (χ3v) is 5.47. The van der Waals surface area contributed by atoms with Crippen molar-refractivity contribution in [1.82, 2.24) is 15.2 Å². The zero-order valence-electron chi connectivity index (χ0n) is 16.9. The van der Waals surface area contributed by atoms with Gasteiger partial charge < -0.3 is 14.8 Å². The van der Waals surface area contributed by atoms with Gasteiger partial charge in [-0.05, 0) is 36.1 Å². The minimum atomic E-state index is -0.460. The molecule has 0 bridgehead atoms. The lowest BCUT2D eigenvalue weighted by atomic mass is 10.1. The van der Waals surface area contributed by atoms with Gasteiger partial charge in [-0.3, -0.25) is 0 Å². The van der Waals surface area contributed by atoms with Crippen molar-refractivity contribution in [2.45, 2.75) is 18.3 Å². The van der Waals surface area contributed by atoms with Crippen LogP contribution in [0.5, 0.6) is 17.4 Å². The van der Waals surface area contributed by atoms with Crippen molar-refractivity contribution in [2.75, 3.05) is 11.1 Å². The van der Waals surface area contributed by atoms with Crippen LogP contribution in [0.1, 0.15) is 18.7 Å². The molecule has 3 aromatic carbocycles. The van der Waals surface area contributed by atoms with E-state index in [1.165, 1.54) is 11.8 Å². The summed E-state index contributed by atoms with van der Waals surface area (Å²) >= 11 is 1.53. The zero-order chi connectivity index (χ0) is 21.0. The highest BCUT2D eigenvalue weighted by Crippen LogP contribution is 2.40. The maximum Gasteiger partial charge on any atom is 0.247 e. The molecule has 0 spiro atoms. The lowest BCUT2D eigenvalue weighted by Crippen LogP contribution is -2.17. The SMILES string of the molecule is CCSc1nnc2c(n1)O[C@H](c1cccc(Oc3ccccc3)c1)Nc1ccccc1-2. The van der Waals surface area contributed by atoms with Crippen LogP contribution in [0.3, 0.4) is 0 Å². The van der Waals surface area contributed by atoms with E-state index in [1.54, 1.807) is 0 Å². The van der Waals surface area contributed by atoms with Gasteiger partial charge in [-0.1, -0.05) is 67.2 Å². The summed E-state index contributed by atoms with van der Waals surface area (Å²) in [5, 5.41) is 12.7. The molecular weight excluding hydrogens is 408 g/mol. The average Bonchev–Trinajstić information content (AvgIpc) is 2.97. The summed E-state index contributed by atoms with van der Waals surface area (Å²) in [5.41, 5.74) is 3.36. The Hall–Kier alpha value is -3.58. The van der Waals surface area contributed by atoms with Gasteiger partial charge in [0, 0.05) is 16.8 Å². The lowest BCUT2D eigenvalue weighted by Gasteiger charge is -2.20. The largest absolute Gasteiger partial charge is 0.457 e. The van der Waals surface area contributed by atoms with E-state index in [2.05, 4.69) is 27.4 Å². The second kappa shape index (κ2) is 8.65. The first-order valence-corrected chi connectivity index (χ1v) is 11.0. The predicted octanol–water partition coefficient (Wildman–Crippen LogP) is 5.95. The average molecular weight is 429 g/mol. The fraction of sp³-hybridized carbons (Fsp3) is 0.125. The maximum absolute atomic E-state index is 6.32. The van der Waals surface area contributed by atoms with E-state index in [4.69, 9.17) is 9.47 Å². The molecule has 1 aliphatic rings. The van der Waals surface area contributed by atoms with Crippen molar-refractivity contribution in [3.05, 3.63) is 84.4 Å². The molecule has 0 fully saturated rings. The first kappa shape index (κ1) is 19.4. The Kier molecular flexibility index (Phi) is 5.41. The van der Waals surface area contributed by atoms with Crippen LogP contribution in [0.25, 0.3) is 11.3 Å². The Balaban J connectivity index is 1.52. The van der Waals surface area contributed by atoms with Gasteiger partial charge in [0.05, 0.1) is 0 Å². The monoisotopic (exact) mass is 428 g/mol. The number of nitrogens with zero attached hydrogens (tertiary/aromatic N) is 3. The smallest absolute Gasteiger partial charge is 0.247 e. The van der Waals surface area contributed by atoms with Gasteiger partial charge in [-0.15, -0.1) is 10.2 Å². The molecule has 7 heteroatoms. The summed E-state index contributed by atoms with van der Waals surface area (Å²) in [7, 11) is 0. The molecule has 6 nitrogen and oxygen atoms in total. The summed E-state index contributed by atoms with van der Waals surface area (Å²) in [5.74, 6) is 2.83. The zero-order valence-corrected chi connectivity index (χ0v) is 17.7. The second-order valence-electron chi connectivity index (χ2n) is 6.86. The fourth-order valence-electron chi connectivity index (χ4n) is 3.35. The number of rotatable bonds is 5. The molecule has 0 saturated carbocycles. The van der Waals surface area contributed by atoms with Gasteiger partial charge >= 0.3 is 0 Å². The number of nitrogens with one attached hydrogen (secondary N) is 1. The molecule has 4 aromatic rings.